The molecular weight excluding hydrogens is 212 g/mol. The Balaban J connectivity index is 2.09. The maximum atomic E-state index is 10.6. The van der Waals surface area contributed by atoms with Crippen molar-refractivity contribution in [1.29, 1.82) is 0 Å². The number of ether oxygens (including phenoxy) is 1. The van der Waals surface area contributed by atoms with Gasteiger partial charge in [0.05, 0.1) is 4.92 Å². The number of non-ortho nitro benzene ring substituents is 1. The lowest BCUT2D eigenvalue weighted by molar-refractivity contribution is -0.384. The number of primary amides is 1. The lowest BCUT2D eigenvalue weighted by atomic mass is 10.1. The second-order valence-corrected chi connectivity index (χ2v) is 3.67. The van der Waals surface area contributed by atoms with Crippen molar-refractivity contribution in [1.82, 2.24) is 0 Å². The lowest BCUT2D eigenvalue weighted by Gasteiger charge is -2.00. The van der Waals surface area contributed by atoms with Crippen LogP contribution in [-0.4, -0.2) is 17.1 Å². The Bertz CT molecular complexity index is 446. The summed E-state index contributed by atoms with van der Waals surface area (Å²) in [5.74, 6) is 0.0346. The number of carbonyl (C=O) groups is 1. The minimum atomic E-state index is -0.807. The van der Waals surface area contributed by atoms with Crippen LogP contribution in [-0.2, 0) is 4.74 Å². The van der Waals surface area contributed by atoms with Crippen molar-refractivity contribution in [2.75, 3.05) is 0 Å². The molecule has 0 heterocycles. The van der Waals surface area contributed by atoms with E-state index in [4.69, 9.17) is 10.5 Å². The average Bonchev–Trinajstić information content (AvgIpc) is 2.96. The molecule has 0 saturated heterocycles. The number of nitro groups is 1. The third-order valence-corrected chi connectivity index (χ3v) is 2.51. The summed E-state index contributed by atoms with van der Waals surface area (Å²) in [6, 6.07) is 6.32. The minimum Gasteiger partial charge on any atom is -0.446 e. The Morgan fingerprint density at radius 1 is 1.56 bits per heavy atom. The third kappa shape index (κ3) is 2.10. The molecule has 0 aliphatic heterocycles. The van der Waals surface area contributed by atoms with Crippen LogP contribution in [0.5, 0.6) is 0 Å². The van der Waals surface area contributed by atoms with Crippen LogP contribution in [0.25, 0.3) is 0 Å². The third-order valence-electron chi connectivity index (χ3n) is 2.51. The molecule has 2 rings (SSSR count). The molecule has 2 atom stereocenters. The van der Waals surface area contributed by atoms with Crippen LogP contribution in [0.1, 0.15) is 17.9 Å². The molecule has 1 saturated carbocycles. The number of nitrogens with zero attached hydrogens (tertiary/aromatic N) is 1. The Morgan fingerprint density at radius 3 is 2.94 bits per heavy atom. The van der Waals surface area contributed by atoms with Crippen molar-refractivity contribution in [2.45, 2.75) is 18.4 Å². The van der Waals surface area contributed by atoms with Crippen molar-refractivity contribution in [2.24, 2.45) is 5.73 Å². The molecule has 1 amide bonds. The van der Waals surface area contributed by atoms with Gasteiger partial charge in [0.1, 0.15) is 6.10 Å². The Kier molecular flexibility index (Phi) is 2.47. The molecule has 84 valence electrons. The normalized spacial score (nSPS) is 22.5. The summed E-state index contributed by atoms with van der Waals surface area (Å²) in [6.07, 6.45) is -0.373. The predicted octanol–water partition coefficient (Wildman–Crippen LogP) is 1.55. The van der Waals surface area contributed by atoms with Crippen molar-refractivity contribution in [3.8, 4) is 0 Å². The summed E-state index contributed by atoms with van der Waals surface area (Å²) in [5, 5.41) is 10.6. The quantitative estimate of drug-likeness (QED) is 0.619. The average molecular weight is 222 g/mol. The number of amides is 1. The number of hydrogen-bond donors (Lipinski definition) is 1. The number of benzene rings is 1. The smallest absolute Gasteiger partial charge is 0.404 e. The van der Waals surface area contributed by atoms with Crippen molar-refractivity contribution in [3.63, 3.8) is 0 Å². The molecule has 1 aromatic carbocycles. The molecule has 6 heteroatoms. The molecule has 16 heavy (non-hydrogen) atoms. The van der Waals surface area contributed by atoms with Crippen LogP contribution in [0, 0.1) is 10.1 Å². The first-order valence-electron chi connectivity index (χ1n) is 4.78. The molecule has 0 aromatic heterocycles. The van der Waals surface area contributed by atoms with E-state index < -0.39 is 11.0 Å². The molecule has 1 aliphatic rings. The van der Waals surface area contributed by atoms with Gasteiger partial charge in [0, 0.05) is 18.1 Å². The maximum Gasteiger partial charge on any atom is 0.404 e. The first-order valence-corrected chi connectivity index (χ1v) is 4.78. The summed E-state index contributed by atoms with van der Waals surface area (Å²) in [5.41, 5.74) is 5.73. The Labute approximate surface area is 91.2 Å². The van der Waals surface area contributed by atoms with Gasteiger partial charge < -0.3 is 10.5 Å². The van der Waals surface area contributed by atoms with Gasteiger partial charge in [0.15, 0.2) is 0 Å². The Morgan fingerprint density at radius 2 is 2.31 bits per heavy atom. The van der Waals surface area contributed by atoms with E-state index in [9.17, 15) is 14.9 Å². The molecule has 0 spiro atoms. The molecule has 6 nitrogen and oxygen atoms in total. The SMILES string of the molecule is NC(=O)OC1CC1c1cccc([N+](=O)[O-])c1. The molecule has 0 bridgehead atoms. The highest BCUT2D eigenvalue weighted by molar-refractivity contribution is 5.65. The molecule has 2 N–H and O–H groups in total. The van der Waals surface area contributed by atoms with E-state index in [0.717, 1.165) is 5.56 Å². The number of rotatable bonds is 3. The number of hydrogen-bond acceptors (Lipinski definition) is 4. The molecule has 1 aliphatic carbocycles. The fraction of sp³-hybridized carbons (Fsp3) is 0.300. The van der Waals surface area contributed by atoms with Crippen LogP contribution < -0.4 is 5.73 Å². The first-order chi connectivity index (χ1) is 7.58. The number of nitrogens with two attached hydrogens (primary N) is 1. The van der Waals surface area contributed by atoms with Gasteiger partial charge in [-0.15, -0.1) is 0 Å². The second kappa shape index (κ2) is 3.80. The van der Waals surface area contributed by atoms with E-state index in [-0.39, 0.29) is 17.7 Å². The lowest BCUT2D eigenvalue weighted by Crippen LogP contribution is -2.14. The summed E-state index contributed by atoms with van der Waals surface area (Å²) in [7, 11) is 0. The summed E-state index contributed by atoms with van der Waals surface area (Å²) in [4.78, 5) is 20.6. The van der Waals surface area contributed by atoms with Gasteiger partial charge in [0.2, 0.25) is 0 Å². The van der Waals surface area contributed by atoms with E-state index >= 15 is 0 Å². The van der Waals surface area contributed by atoms with Gasteiger partial charge >= 0.3 is 6.09 Å². The standard InChI is InChI=1S/C10H10N2O4/c11-10(13)16-9-5-8(9)6-2-1-3-7(4-6)12(14)15/h1-4,8-9H,5H2,(H2,11,13). The van der Waals surface area contributed by atoms with Crippen molar-refractivity contribution >= 4 is 11.8 Å². The molecular formula is C10H10N2O4. The fourth-order valence-corrected chi connectivity index (χ4v) is 1.67. The summed E-state index contributed by atoms with van der Waals surface area (Å²) in [6.45, 7) is 0. The van der Waals surface area contributed by atoms with Crippen molar-refractivity contribution < 1.29 is 14.5 Å². The van der Waals surface area contributed by atoms with Crippen molar-refractivity contribution in [3.05, 3.63) is 39.9 Å². The summed E-state index contributed by atoms with van der Waals surface area (Å²) < 4.78 is 4.80. The Hall–Kier alpha value is -2.11. The largest absolute Gasteiger partial charge is 0.446 e. The highest BCUT2D eigenvalue weighted by Gasteiger charge is 2.42. The zero-order valence-electron chi connectivity index (χ0n) is 8.33. The van der Waals surface area contributed by atoms with E-state index in [0.29, 0.717) is 6.42 Å². The summed E-state index contributed by atoms with van der Waals surface area (Å²) >= 11 is 0. The number of carbonyl (C=O) groups excluding carboxylic acids is 1. The first kappa shape index (κ1) is 10.4. The van der Waals surface area contributed by atoms with Crippen LogP contribution in [0.3, 0.4) is 0 Å². The fourth-order valence-electron chi connectivity index (χ4n) is 1.67. The van der Waals surface area contributed by atoms with E-state index in [1.54, 1.807) is 12.1 Å². The molecule has 0 radical (unpaired) electrons. The topological polar surface area (TPSA) is 95.5 Å². The van der Waals surface area contributed by atoms with E-state index in [1.807, 2.05) is 0 Å². The van der Waals surface area contributed by atoms with Gasteiger partial charge in [-0.25, -0.2) is 4.79 Å². The van der Waals surface area contributed by atoms with Crippen LogP contribution in [0.2, 0.25) is 0 Å². The predicted molar refractivity (Wildman–Crippen MR) is 54.9 cm³/mol. The van der Waals surface area contributed by atoms with E-state index in [1.165, 1.54) is 12.1 Å². The molecule has 1 aromatic rings. The maximum absolute atomic E-state index is 10.6. The highest BCUT2D eigenvalue weighted by atomic mass is 16.6. The van der Waals surface area contributed by atoms with E-state index in [2.05, 4.69) is 0 Å². The molecule has 1 fully saturated rings. The van der Waals surface area contributed by atoms with Gasteiger partial charge in [-0.1, -0.05) is 12.1 Å². The zero-order chi connectivity index (χ0) is 11.7. The van der Waals surface area contributed by atoms with Gasteiger partial charge in [-0.2, -0.15) is 0 Å². The number of nitro benzene ring substituents is 1. The minimum absolute atomic E-state index is 0.0346. The van der Waals surface area contributed by atoms with Crippen LogP contribution >= 0.6 is 0 Å². The van der Waals surface area contributed by atoms with Crippen LogP contribution in [0.4, 0.5) is 10.5 Å². The zero-order valence-corrected chi connectivity index (χ0v) is 8.33. The van der Waals surface area contributed by atoms with Gasteiger partial charge in [0.25, 0.3) is 5.69 Å². The second-order valence-electron chi connectivity index (χ2n) is 3.67. The highest BCUT2D eigenvalue weighted by Crippen LogP contribution is 2.43. The van der Waals surface area contributed by atoms with Gasteiger partial charge in [-0.05, 0) is 12.0 Å². The van der Waals surface area contributed by atoms with Crippen LogP contribution in [0.15, 0.2) is 24.3 Å². The monoisotopic (exact) mass is 222 g/mol. The molecule has 2 unspecified atom stereocenters. The van der Waals surface area contributed by atoms with Gasteiger partial charge in [-0.3, -0.25) is 10.1 Å².